The number of benzene rings is 7. The van der Waals surface area contributed by atoms with Gasteiger partial charge in [0.25, 0.3) is 0 Å². The van der Waals surface area contributed by atoms with Gasteiger partial charge < -0.3 is 0 Å². The fourth-order valence-electron chi connectivity index (χ4n) is 7.18. The van der Waals surface area contributed by atoms with Gasteiger partial charge in [-0.05, 0) is 52.2 Å². The molecule has 0 spiro atoms. The number of rotatable bonds is 2. The summed E-state index contributed by atoms with van der Waals surface area (Å²) in [5, 5.41) is 10.3. The van der Waals surface area contributed by atoms with Crippen LogP contribution in [-0.4, -0.2) is 14.5 Å². The van der Waals surface area contributed by atoms with E-state index in [1.165, 1.54) is 30.9 Å². The van der Waals surface area contributed by atoms with Crippen LogP contribution in [0.2, 0.25) is 0 Å². The number of aromatic nitrogens is 3. The lowest BCUT2D eigenvalue weighted by molar-refractivity contribution is 1.02. The largest absolute Gasteiger partial charge is 0.276 e. The number of hydrogen-bond acceptors (Lipinski definition) is 3. The van der Waals surface area contributed by atoms with Gasteiger partial charge in [0.05, 0.1) is 26.9 Å². The van der Waals surface area contributed by atoms with E-state index >= 15 is 0 Å². The van der Waals surface area contributed by atoms with E-state index in [-0.39, 0.29) is 5.56 Å². The number of thiophene rings is 1. The van der Waals surface area contributed by atoms with Crippen molar-refractivity contribution in [1.29, 1.82) is 0 Å². The van der Waals surface area contributed by atoms with Gasteiger partial charge in [0.1, 0.15) is 0 Å². The first-order valence-electron chi connectivity index (χ1n) is 16.5. The first-order valence-corrected chi connectivity index (χ1v) is 15.8. The van der Waals surface area contributed by atoms with Crippen molar-refractivity contribution in [3.8, 4) is 17.2 Å². The average molecular weight is 595 g/mol. The zero-order chi connectivity index (χ0) is 32.1. The van der Waals surface area contributed by atoms with Gasteiger partial charge in [0.2, 0.25) is 5.95 Å². The standard InChI is InChI=1S/C41H25N3S/c1-24-19-21-30-32(23-24)42-41(43-38(30)26-12-3-2-4-13-26)44-33-22-20-25-11-5-6-14-27(25)36(33)37-29-16-8-7-15-28(29)35-31-17-9-10-18-34(31)45-40(35)39(37)44/h2-23H,1H3/i1D3. The van der Waals surface area contributed by atoms with Gasteiger partial charge in [-0.3, -0.25) is 4.57 Å². The van der Waals surface area contributed by atoms with Crippen LogP contribution in [0.1, 0.15) is 9.68 Å². The number of aryl methyl sites for hydroxylation is 1. The van der Waals surface area contributed by atoms with Gasteiger partial charge >= 0.3 is 0 Å². The van der Waals surface area contributed by atoms with Crippen molar-refractivity contribution in [2.45, 2.75) is 6.85 Å². The normalized spacial score (nSPS) is 13.4. The lowest BCUT2D eigenvalue weighted by atomic mass is 9.97. The molecule has 0 atom stereocenters. The van der Waals surface area contributed by atoms with E-state index < -0.39 is 6.85 Å². The molecule has 0 radical (unpaired) electrons. The third-order valence-electron chi connectivity index (χ3n) is 9.07. The Kier molecular flexibility index (Phi) is 4.51. The first kappa shape index (κ1) is 22.0. The minimum absolute atomic E-state index is 0.254. The molecule has 0 aliphatic carbocycles. The van der Waals surface area contributed by atoms with E-state index in [1.54, 1.807) is 23.5 Å². The molecule has 3 aromatic heterocycles. The summed E-state index contributed by atoms with van der Waals surface area (Å²) in [7, 11) is 0. The van der Waals surface area contributed by atoms with Gasteiger partial charge in [-0.2, -0.15) is 0 Å². The number of fused-ring (bicyclic) bond motifs is 13. The van der Waals surface area contributed by atoms with Gasteiger partial charge in [-0.15, -0.1) is 11.3 Å². The highest BCUT2D eigenvalue weighted by Crippen LogP contribution is 2.49. The predicted octanol–water partition coefficient (Wildman–Crippen LogP) is 11.4. The third-order valence-corrected chi connectivity index (χ3v) is 10.2. The van der Waals surface area contributed by atoms with Crippen molar-refractivity contribution in [2.24, 2.45) is 0 Å². The second kappa shape index (κ2) is 9.21. The van der Waals surface area contributed by atoms with Crippen LogP contribution in [-0.2, 0) is 0 Å². The lowest BCUT2D eigenvalue weighted by Crippen LogP contribution is -2.03. The molecule has 0 bridgehead atoms. The minimum atomic E-state index is -2.26. The van der Waals surface area contributed by atoms with Crippen LogP contribution in [0.3, 0.4) is 0 Å². The van der Waals surface area contributed by atoms with Crippen LogP contribution in [0.15, 0.2) is 133 Å². The van der Waals surface area contributed by atoms with E-state index in [2.05, 4.69) is 89.5 Å². The molecule has 45 heavy (non-hydrogen) atoms. The quantitative estimate of drug-likeness (QED) is 0.199. The summed E-state index contributed by atoms with van der Waals surface area (Å²) in [6.07, 6.45) is 0. The Morgan fingerprint density at radius 1 is 0.600 bits per heavy atom. The number of nitrogens with zero attached hydrogens (tertiary/aromatic N) is 3. The summed E-state index contributed by atoms with van der Waals surface area (Å²) in [5.41, 5.74) is 4.61. The van der Waals surface area contributed by atoms with Crippen LogP contribution in [0.5, 0.6) is 0 Å². The maximum atomic E-state index is 8.16. The Morgan fingerprint density at radius 2 is 1.33 bits per heavy atom. The van der Waals surface area contributed by atoms with Gasteiger partial charge in [0, 0.05) is 41.3 Å². The molecule has 3 nitrogen and oxygen atoms in total. The smallest absolute Gasteiger partial charge is 0.235 e. The third kappa shape index (κ3) is 3.46. The topological polar surface area (TPSA) is 30.7 Å². The summed E-state index contributed by atoms with van der Waals surface area (Å²) >= 11 is 1.79. The summed E-state index contributed by atoms with van der Waals surface area (Å²) < 4.78 is 29.1. The van der Waals surface area contributed by atoms with Crippen LogP contribution >= 0.6 is 11.3 Å². The molecule has 10 rings (SSSR count). The Hall–Kier alpha value is -5.58. The van der Waals surface area contributed by atoms with Crippen molar-refractivity contribution in [2.75, 3.05) is 0 Å². The van der Waals surface area contributed by atoms with E-state index in [4.69, 9.17) is 14.1 Å². The Bertz CT molecular complexity index is 2940. The summed E-state index contributed by atoms with van der Waals surface area (Å²) in [5.74, 6) is 0.508. The molecule has 0 saturated heterocycles. The summed E-state index contributed by atoms with van der Waals surface area (Å²) in [6.45, 7) is -2.26. The molecule has 0 amide bonds. The summed E-state index contributed by atoms with van der Waals surface area (Å²) in [6, 6.07) is 45.5. The van der Waals surface area contributed by atoms with Crippen molar-refractivity contribution < 1.29 is 4.11 Å². The molecule has 0 N–H and O–H groups in total. The molecule has 0 fully saturated rings. The molecular formula is C41H25N3S. The van der Waals surface area contributed by atoms with E-state index in [0.717, 1.165) is 49.2 Å². The molecule has 210 valence electrons. The molecule has 3 heterocycles. The monoisotopic (exact) mass is 594 g/mol. The molecule has 10 aromatic rings. The van der Waals surface area contributed by atoms with Crippen LogP contribution in [0.4, 0.5) is 0 Å². The van der Waals surface area contributed by atoms with Crippen molar-refractivity contribution >= 4 is 85.8 Å². The maximum Gasteiger partial charge on any atom is 0.235 e. The van der Waals surface area contributed by atoms with Gasteiger partial charge in [-0.1, -0.05) is 115 Å². The molecule has 4 heteroatoms. The van der Waals surface area contributed by atoms with Gasteiger partial charge in [0.15, 0.2) is 0 Å². The SMILES string of the molecule is [2H]C([2H])([2H])c1ccc2c(-c3ccccc3)nc(-n3c4ccc5ccccc5c4c4c5ccccc5c5c6ccccc6sc5c43)nc2c1. The van der Waals surface area contributed by atoms with E-state index in [0.29, 0.717) is 11.5 Å². The zero-order valence-electron chi connectivity index (χ0n) is 27.0. The zero-order valence-corrected chi connectivity index (χ0v) is 24.8. The van der Waals surface area contributed by atoms with Crippen molar-refractivity contribution in [1.82, 2.24) is 14.5 Å². The fourth-order valence-corrected chi connectivity index (χ4v) is 8.44. The van der Waals surface area contributed by atoms with E-state index in [1.807, 2.05) is 36.4 Å². The Labute approximate surface area is 266 Å². The fraction of sp³-hybridized carbons (Fsp3) is 0.0244. The molecule has 0 aliphatic heterocycles. The van der Waals surface area contributed by atoms with Crippen LogP contribution < -0.4 is 0 Å². The van der Waals surface area contributed by atoms with E-state index in [9.17, 15) is 0 Å². The highest BCUT2D eigenvalue weighted by atomic mass is 32.1. The average Bonchev–Trinajstić information content (AvgIpc) is 3.68. The molecule has 7 aromatic carbocycles. The number of hydrogen-bond donors (Lipinski definition) is 0. The highest BCUT2D eigenvalue weighted by Gasteiger charge is 2.24. The Balaban J connectivity index is 1.47. The minimum Gasteiger partial charge on any atom is -0.276 e. The van der Waals surface area contributed by atoms with Crippen molar-refractivity contribution in [3.05, 3.63) is 139 Å². The first-order chi connectivity index (χ1) is 23.5. The van der Waals surface area contributed by atoms with Crippen molar-refractivity contribution in [3.63, 3.8) is 0 Å². The molecular weight excluding hydrogens is 567 g/mol. The van der Waals surface area contributed by atoms with Crippen LogP contribution in [0.25, 0.3) is 91.6 Å². The predicted molar refractivity (Wildman–Crippen MR) is 192 cm³/mol. The van der Waals surface area contributed by atoms with Crippen LogP contribution in [0, 0.1) is 6.85 Å². The lowest BCUT2D eigenvalue weighted by Gasteiger charge is -2.13. The summed E-state index contributed by atoms with van der Waals surface area (Å²) in [4.78, 5) is 10.5. The second-order valence-corrected chi connectivity index (χ2v) is 12.6. The second-order valence-electron chi connectivity index (χ2n) is 11.6. The maximum absolute atomic E-state index is 8.16. The molecule has 0 unspecified atom stereocenters. The molecule has 0 saturated carbocycles. The van der Waals surface area contributed by atoms with Gasteiger partial charge in [-0.25, -0.2) is 9.97 Å². The Morgan fingerprint density at radius 3 is 2.18 bits per heavy atom. The molecule has 0 aliphatic rings. The highest BCUT2D eigenvalue weighted by molar-refractivity contribution is 7.27.